The highest BCUT2D eigenvalue weighted by Gasteiger charge is 2.30. The number of sulfonamides is 1. The van der Waals surface area contributed by atoms with Crippen LogP contribution in [-0.4, -0.2) is 38.8 Å². The van der Waals surface area contributed by atoms with E-state index in [0.717, 1.165) is 30.6 Å². The van der Waals surface area contributed by atoms with Gasteiger partial charge in [0.25, 0.3) is 5.91 Å². The number of nitrogens with one attached hydrogen (secondary N) is 1. The molecule has 0 unspecified atom stereocenters. The summed E-state index contributed by atoms with van der Waals surface area (Å²) in [5.74, 6) is 0.757. The van der Waals surface area contributed by atoms with E-state index in [9.17, 15) is 13.2 Å². The van der Waals surface area contributed by atoms with Crippen LogP contribution in [0.25, 0.3) is 0 Å². The standard InChI is InChI=1S/C23H29ClN2O4S/c1-16(2)14-21(17-6-9-19(30-3)10-7-17)25-23(27)18-8-11-20(24)22(15-18)31(28,29)26-12-4-5-13-26/h6-11,15-16,21H,4-5,12-14H2,1-3H3,(H,25,27)/t21-/m0/s1. The molecule has 1 aliphatic rings. The van der Waals surface area contributed by atoms with Gasteiger partial charge in [0.2, 0.25) is 10.0 Å². The number of benzene rings is 2. The van der Waals surface area contributed by atoms with Crippen LogP contribution in [0.4, 0.5) is 0 Å². The SMILES string of the molecule is COc1ccc([C@H](CC(C)C)NC(=O)c2ccc(Cl)c(S(=O)(=O)N3CCCC3)c2)cc1. The molecule has 0 spiro atoms. The van der Waals surface area contributed by atoms with Crippen LogP contribution in [0, 0.1) is 5.92 Å². The molecule has 0 radical (unpaired) electrons. The molecule has 1 amide bonds. The van der Waals surface area contributed by atoms with Gasteiger partial charge in [-0.05, 0) is 61.1 Å². The molecule has 31 heavy (non-hydrogen) atoms. The summed E-state index contributed by atoms with van der Waals surface area (Å²) in [5, 5.41) is 3.18. The van der Waals surface area contributed by atoms with E-state index in [1.54, 1.807) is 13.2 Å². The molecule has 2 aromatic carbocycles. The second-order valence-electron chi connectivity index (χ2n) is 8.19. The van der Waals surface area contributed by atoms with Crippen LogP contribution in [0.1, 0.15) is 55.1 Å². The lowest BCUT2D eigenvalue weighted by atomic mass is 9.96. The smallest absolute Gasteiger partial charge is 0.251 e. The van der Waals surface area contributed by atoms with Gasteiger partial charge in [-0.1, -0.05) is 37.6 Å². The fourth-order valence-electron chi connectivity index (χ4n) is 3.74. The van der Waals surface area contributed by atoms with Crippen molar-refractivity contribution in [3.63, 3.8) is 0 Å². The topological polar surface area (TPSA) is 75.7 Å². The Morgan fingerprint density at radius 2 is 1.77 bits per heavy atom. The minimum Gasteiger partial charge on any atom is -0.497 e. The van der Waals surface area contributed by atoms with Crippen molar-refractivity contribution in [3.8, 4) is 5.75 Å². The molecular formula is C23H29ClN2O4S. The van der Waals surface area contributed by atoms with Crippen molar-refractivity contribution >= 4 is 27.5 Å². The quantitative estimate of drug-likeness (QED) is 0.617. The lowest BCUT2D eigenvalue weighted by molar-refractivity contribution is 0.0931. The van der Waals surface area contributed by atoms with Gasteiger partial charge in [0, 0.05) is 18.7 Å². The van der Waals surface area contributed by atoms with Crippen LogP contribution in [0.3, 0.4) is 0 Å². The van der Waals surface area contributed by atoms with Gasteiger partial charge >= 0.3 is 0 Å². The van der Waals surface area contributed by atoms with Crippen molar-refractivity contribution in [1.82, 2.24) is 9.62 Å². The molecule has 8 heteroatoms. The molecule has 1 saturated heterocycles. The first-order valence-corrected chi connectivity index (χ1v) is 12.3. The zero-order valence-electron chi connectivity index (χ0n) is 18.1. The number of amides is 1. The number of carbonyl (C=O) groups is 1. The number of halogens is 1. The van der Waals surface area contributed by atoms with Crippen molar-refractivity contribution in [3.05, 3.63) is 58.6 Å². The highest BCUT2D eigenvalue weighted by Crippen LogP contribution is 2.29. The molecule has 6 nitrogen and oxygen atoms in total. The number of methoxy groups -OCH3 is 1. The van der Waals surface area contributed by atoms with E-state index in [4.69, 9.17) is 16.3 Å². The summed E-state index contributed by atoms with van der Waals surface area (Å²) in [6.07, 6.45) is 2.40. The second-order valence-corrected chi connectivity index (χ2v) is 10.5. The van der Waals surface area contributed by atoms with Crippen LogP contribution < -0.4 is 10.1 Å². The molecule has 1 aliphatic heterocycles. The summed E-state index contributed by atoms with van der Waals surface area (Å²) in [6, 6.07) is 11.8. The number of hydrogen-bond donors (Lipinski definition) is 1. The van der Waals surface area contributed by atoms with E-state index in [-0.39, 0.29) is 27.4 Å². The molecule has 1 atom stereocenters. The van der Waals surface area contributed by atoms with E-state index in [1.807, 2.05) is 24.3 Å². The van der Waals surface area contributed by atoms with Crippen molar-refractivity contribution in [1.29, 1.82) is 0 Å². The van der Waals surface area contributed by atoms with Gasteiger partial charge in [-0.25, -0.2) is 8.42 Å². The predicted octanol–water partition coefficient (Wildman–Crippen LogP) is 4.65. The van der Waals surface area contributed by atoms with E-state index in [0.29, 0.717) is 19.0 Å². The third kappa shape index (κ3) is 5.59. The number of ether oxygens (including phenoxy) is 1. The first kappa shape index (κ1) is 23.6. The maximum Gasteiger partial charge on any atom is 0.251 e. The maximum atomic E-state index is 13.1. The third-order valence-corrected chi connectivity index (χ3v) is 7.79. The van der Waals surface area contributed by atoms with E-state index >= 15 is 0 Å². The second kappa shape index (κ2) is 10.0. The number of carbonyl (C=O) groups excluding carboxylic acids is 1. The van der Waals surface area contributed by atoms with Gasteiger partial charge in [-0.15, -0.1) is 0 Å². The first-order valence-electron chi connectivity index (χ1n) is 10.5. The third-order valence-electron chi connectivity index (χ3n) is 5.41. The molecule has 168 valence electrons. The Balaban J connectivity index is 1.86. The van der Waals surface area contributed by atoms with Gasteiger partial charge in [0.15, 0.2) is 0 Å². The average Bonchev–Trinajstić information content (AvgIpc) is 3.29. The zero-order valence-corrected chi connectivity index (χ0v) is 19.7. The Labute approximate surface area is 189 Å². The van der Waals surface area contributed by atoms with E-state index in [2.05, 4.69) is 19.2 Å². The minimum absolute atomic E-state index is 0.0198. The average molecular weight is 465 g/mol. The largest absolute Gasteiger partial charge is 0.497 e. The Morgan fingerprint density at radius 3 is 2.35 bits per heavy atom. The maximum absolute atomic E-state index is 13.1. The van der Waals surface area contributed by atoms with Gasteiger partial charge < -0.3 is 10.1 Å². The fourth-order valence-corrected chi connectivity index (χ4v) is 5.75. The van der Waals surface area contributed by atoms with Crippen LogP contribution in [-0.2, 0) is 10.0 Å². The predicted molar refractivity (Wildman–Crippen MR) is 122 cm³/mol. The van der Waals surface area contributed by atoms with E-state index < -0.39 is 10.0 Å². The Morgan fingerprint density at radius 1 is 1.13 bits per heavy atom. The summed E-state index contributed by atoms with van der Waals surface area (Å²) >= 11 is 6.21. The van der Waals surface area contributed by atoms with Crippen molar-refractivity contribution in [2.75, 3.05) is 20.2 Å². The summed E-state index contributed by atoms with van der Waals surface area (Å²) in [5.41, 5.74) is 1.23. The van der Waals surface area contributed by atoms with Crippen molar-refractivity contribution in [2.45, 2.75) is 44.0 Å². The molecule has 0 saturated carbocycles. The molecular weight excluding hydrogens is 436 g/mol. The molecule has 2 aromatic rings. The molecule has 0 bridgehead atoms. The highest BCUT2D eigenvalue weighted by molar-refractivity contribution is 7.89. The lowest BCUT2D eigenvalue weighted by Crippen LogP contribution is -2.31. The summed E-state index contributed by atoms with van der Waals surface area (Å²) in [4.78, 5) is 13.0. The minimum atomic E-state index is -3.73. The summed E-state index contributed by atoms with van der Waals surface area (Å²) < 4.78 is 32.6. The number of hydrogen-bond acceptors (Lipinski definition) is 4. The van der Waals surface area contributed by atoms with E-state index in [1.165, 1.54) is 16.4 Å². The summed E-state index contributed by atoms with van der Waals surface area (Å²) in [7, 11) is -2.12. The molecule has 0 aliphatic carbocycles. The van der Waals surface area contributed by atoms with Crippen molar-refractivity contribution in [2.24, 2.45) is 5.92 Å². The molecule has 1 N–H and O–H groups in total. The van der Waals surface area contributed by atoms with Gasteiger partial charge in [-0.3, -0.25) is 4.79 Å². The van der Waals surface area contributed by atoms with Gasteiger partial charge in [0.1, 0.15) is 10.6 Å². The molecule has 1 heterocycles. The Bertz CT molecular complexity index is 1020. The van der Waals surface area contributed by atoms with Gasteiger partial charge in [-0.2, -0.15) is 4.31 Å². The van der Waals surface area contributed by atoms with Gasteiger partial charge in [0.05, 0.1) is 18.2 Å². The van der Waals surface area contributed by atoms with Crippen LogP contribution >= 0.6 is 11.6 Å². The lowest BCUT2D eigenvalue weighted by Gasteiger charge is -2.22. The van der Waals surface area contributed by atoms with Crippen LogP contribution in [0.15, 0.2) is 47.4 Å². The summed E-state index contributed by atoms with van der Waals surface area (Å²) in [6.45, 7) is 5.13. The van der Waals surface area contributed by atoms with Crippen molar-refractivity contribution < 1.29 is 17.9 Å². The Hall–Kier alpha value is -2.09. The van der Waals surface area contributed by atoms with Crippen LogP contribution in [0.2, 0.25) is 5.02 Å². The van der Waals surface area contributed by atoms with Crippen LogP contribution in [0.5, 0.6) is 5.75 Å². The Kier molecular flexibility index (Phi) is 7.62. The number of rotatable bonds is 8. The molecule has 1 fully saturated rings. The molecule has 0 aromatic heterocycles. The number of nitrogens with zero attached hydrogens (tertiary/aromatic N) is 1. The highest BCUT2D eigenvalue weighted by atomic mass is 35.5. The normalized spacial score (nSPS) is 15.8. The first-order chi connectivity index (χ1) is 14.7. The zero-order chi connectivity index (χ0) is 22.6. The fraction of sp³-hybridized carbons (Fsp3) is 0.435. The monoisotopic (exact) mass is 464 g/mol. The molecule has 3 rings (SSSR count).